The SMILES string of the molecule is O=C(Nc1ccsc1-c1nc(C(=O)O)c(O)c(=O)[nH]1)OCc1cccc2ccccc12. The van der Waals surface area contributed by atoms with Crippen LogP contribution in [0.5, 0.6) is 5.75 Å². The van der Waals surface area contributed by atoms with E-state index in [4.69, 9.17) is 9.84 Å². The lowest BCUT2D eigenvalue weighted by atomic mass is 10.1. The molecule has 1 amide bonds. The Morgan fingerprint density at radius 1 is 1.13 bits per heavy atom. The minimum atomic E-state index is -1.55. The third kappa shape index (κ3) is 4.09. The summed E-state index contributed by atoms with van der Waals surface area (Å²) < 4.78 is 5.33. The summed E-state index contributed by atoms with van der Waals surface area (Å²) in [6.45, 7) is 0.0457. The summed E-state index contributed by atoms with van der Waals surface area (Å²) in [5, 5.41) is 24.9. The van der Waals surface area contributed by atoms with Crippen LogP contribution < -0.4 is 10.9 Å². The molecule has 0 aliphatic heterocycles. The number of rotatable bonds is 5. The molecule has 4 rings (SSSR count). The van der Waals surface area contributed by atoms with Gasteiger partial charge >= 0.3 is 12.1 Å². The number of nitrogens with zero attached hydrogens (tertiary/aromatic N) is 1. The Kier molecular flexibility index (Phi) is 5.37. The Balaban J connectivity index is 1.53. The number of benzene rings is 2. The molecule has 0 aliphatic rings. The van der Waals surface area contributed by atoms with Crippen molar-refractivity contribution in [3.8, 4) is 16.5 Å². The van der Waals surface area contributed by atoms with Gasteiger partial charge in [0.1, 0.15) is 6.61 Å². The maximum absolute atomic E-state index is 12.3. The minimum Gasteiger partial charge on any atom is -0.501 e. The van der Waals surface area contributed by atoms with E-state index < -0.39 is 29.1 Å². The lowest BCUT2D eigenvalue weighted by Gasteiger charge is -2.10. The number of hydrogen-bond acceptors (Lipinski definition) is 7. The van der Waals surface area contributed by atoms with Crippen LogP contribution in [0.15, 0.2) is 58.7 Å². The number of aromatic carboxylic acids is 1. The van der Waals surface area contributed by atoms with Crippen LogP contribution >= 0.6 is 11.3 Å². The second kappa shape index (κ2) is 8.28. The molecule has 2 aromatic heterocycles. The van der Waals surface area contributed by atoms with Gasteiger partial charge in [0.05, 0.1) is 10.6 Å². The molecular weight excluding hydrogens is 422 g/mol. The fraction of sp³-hybridized carbons (Fsp3) is 0.0476. The molecule has 31 heavy (non-hydrogen) atoms. The highest BCUT2D eigenvalue weighted by molar-refractivity contribution is 7.14. The summed E-state index contributed by atoms with van der Waals surface area (Å²) in [5.41, 5.74) is -0.663. The van der Waals surface area contributed by atoms with E-state index in [-0.39, 0.29) is 18.1 Å². The molecule has 4 N–H and O–H groups in total. The van der Waals surface area contributed by atoms with E-state index in [2.05, 4.69) is 15.3 Å². The highest BCUT2D eigenvalue weighted by Gasteiger charge is 2.20. The molecule has 0 saturated heterocycles. The summed E-state index contributed by atoms with van der Waals surface area (Å²) in [7, 11) is 0. The largest absolute Gasteiger partial charge is 0.501 e. The highest BCUT2D eigenvalue weighted by Crippen LogP contribution is 2.32. The van der Waals surface area contributed by atoms with E-state index in [1.807, 2.05) is 42.5 Å². The topological polar surface area (TPSA) is 142 Å². The number of H-pyrrole nitrogens is 1. The maximum Gasteiger partial charge on any atom is 0.412 e. The molecule has 0 bridgehead atoms. The van der Waals surface area contributed by atoms with Crippen molar-refractivity contribution < 1.29 is 24.5 Å². The Hall–Kier alpha value is -4.18. The Morgan fingerprint density at radius 3 is 2.71 bits per heavy atom. The molecule has 2 heterocycles. The number of ether oxygens (including phenoxy) is 1. The third-order valence-corrected chi connectivity index (χ3v) is 5.37. The summed E-state index contributed by atoms with van der Waals surface area (Å²) in [6, 6.07) is 15.0. The first-order valence-electron chi connectivity index (χ1n) is 8.99. The number of carboxylic acid groups (broad SMARTS) is 1. The van der Waals surface area contributed by atoms with Gasteiger partial charge in [-0.1, -0.05) is 42.5 Å². The fourth-order valence-electron chi connectivity index (χ4n) is 3.02. The quantitative estimate of drug-likeness (QED) is 0.372. The summed E-state index contributed by atoms with van der Waals surface area (Å²) in [6.07, 6.45) is -0.729. The number of carbonyl (C=O) groups is 2. The summed E-state index contributed by atoms with van der Waals surface area (Å²) in [4.78, 5) is 41.8. The average molecular weight is 437 g/mol. The molecule has 0 atom stereocenters. The van der Waals surface area contributed by atoms with Crippen molar-refractivity contribution >= 4 is 39.9 Å². The van der Waals surface area contributed by atoms with Crippen LogP contribution in [0, 0.1) is 0 Å². The number of aromatic nitrogens is 2. The van der Waals surface area contributed by atoms with Crippen molar-refractivity contribution in [3.63, 3.8) is 0 Å². The number of aromatic hydroxyl groups is 1. The number of fused-ring (bicyclic) bond motifs is 1. The van der Waals surface area contributed by atoms with E-state index in [0.717, 1.165) is 27.7 Å². The van der Waals surface area contributed by atoms with Gasteiger partial charge in [-0.05, 0) is 27.8 Å². The lowest BCUT2D eigenvalue weighted by molar-refractivity contribution is 0.0686. The van der Waals surface area contributed by atoms with Crippen molar-refractivity contribution in [1.82, 2.24) is 9.97 Å². The predicted octanol–water partition coefficient (Wildman–Crippen LogP) is 3.80. The highest BCUT2D eigenvalue weighted by atomic mass is 32.1. The Morgan fingerprint density at radius 2 is 1.90 bits per heavy atom. The molecule has 4 aromatic rings. The number of nitrogens with one attached hydrogen (secondary N) is 2. The monoisotopic (exact) mass is 437 g/mol. The summed E-state index contributed by atoms with van der Waals surface area (Å²) in [5.74, 6) is -2.64. The van der Waals surface area contributed by atoms with E-state index in [9.17, 15) is 19.5 Å². The average Bonchev–Trinajstić information content (AvgIpc) is 3.21. The van der Waals surface area contributed by atoms with Crippen LogP contribution in [-0.2, 0) is 11.3 Å². The van der Waals surface area contributed by atoms with Crippen molar-refractivity contribution in [3.05, 3.63) is 75.5 Å². The number of amides is 1. The van der Waals surface area contributed by atoms with Crippen molar-refractivity contribution in [2.45, 2.75) is 6.61 Å². The van der Waals surface area contributed by atoms with Gasteiger partial charge in [-0.15, -0.1) is 11.3 Å². The van der Waals surface area contributed by atoms with Crippen LogP contribution in [0.2, 0.25) is 0 Å². The normalized spacial score (nSPS) is 10.7. The standard InChI is InChI=1S/C21H15N3O6S/c25-16-15(20(27)28)23-18(24-19(16)26)17-14(8-9-31-17)22-21(29)30-10-12-6-3-5-11-4-1-2-7-13(11)12/h1-9,25H,10H2,(H,22,29)(H,27,28)(H,23,24,26). The van der Waals surface area contributed by atoms with Crippen LogP contribution in [0.1, 0.15) is 16.1 Å². The smallest absolute Gasteiger partial charge is 0.412 e. The second-order valence-corrected chi connectivity index (χ2v) is 7.34. The minimum absolute atomic E-state index is 0.0457. The van der Waals surface area contributed by atoms with Gasteiger partial charge in [-0.25, -0.2) is 14.6 Å². The van der Waals surface area contributed by atoms with E-state index in [0.29, 0.717) is 4.88 Å². The molecule has 0 radical (unpaired) electrons. The van der Waals surface area contributed by atoms with Crippen molar-refractivity contribution in [2.75, 3.05) is 5.32 Å². The number of anilines is 1. The number of aromatic amines is 1. The number of carbonyl (C=O) groups excluding carboxylic acids is 1. The van der Waals surface area contributed by atoms with Crippen molar-refractivity contribution in [1.29, 1.82) is 0 Å². The molecule has 9 nitrogen and oxygen atoms in total. The van der Waals surface area contributed by atoms with Crippen LogP contribution in [-0.4, -0.2) is 32.2 Å². The zero-order valence-corrected chi connectivity index (χ0v) is 16.6. The first-order valence-corrected chi connectivity index (χ1v) is 9.87. The second-order valence-electron chi connectivity index (χ2n) is 6.42. The Bertz CT molecular complexity index is 1360. The number of carboxylic acids is 1. The van der Waals surface area contributed by atoms with Crippen LogP contribution in [0.25, 0.3) is 21.5 Å². The first kappa shape index (κ1) is 20.1. The van der Waals surface area contributed by atoms with Crippen LogP contribution in [0.4, 0.5) is 10.5 Å². The van der Waals surface area contributed by atoms with Gasteiger partial charge in [0, 0.05) is 0 Å². The van der Waals surface area contributed by atoms with Gasteiger partial charge in [0.2, 0.25) is 5.75 Å². The molecule has 0 saturated carbocycles. The molecule has 0 aliphatic carbocycles. The summed E-state index contributed by atoms with van der Waals surface area (Å²) >= 11 is 1.12. The van der Waals surface area contributed by atoms with Crippen molar-refractivity contribution in [2.24, 2.45) is 0 Å². The first-order chi connectivity index (χ1) is 14.9. The molecule has 2 aromatic carbocycles. The van der Waals surface area contributed by atoms with Gasteiger partial charge in [-0.3, -0.25) is 10.1 Å². The Labute approximate surface area is 178 Å². The van der Waals surface area contributed by atoms with Gasteiger partial charge < -0.3 is 19.9 Å². The fourth-order valence-corrected chi connectivity index (χ4v) is 3.82. The third-order valence-electron chi connectivity index (χ3n) is 4.45. The molecule has 0 spiro atoms. The van der Waals surface area contributed by atoms with Gasteiger partial charge in [0.25, 0.3) is 5.56 Å². The van der Waals surface area contributed by atoms with Gasteiger partial charge in [0.15, 0.2) is 11.5 Å². The molecule has 0 fully saturated rings. The molecular formula is C21H15N3O6S. The molecule has 156 valence electrons. The van der Waals surface area contributed by atoms with E-state index in [1.165, 1.54) is 0 Å². The maximum atomic E-state index is 12.3. The zero-order valence-electron chi connectivity index (χ0n) is 15.8. The zero-order chi connectivity index (χ0) is 22.0. The lowest BCUT2D eigenvalue weighted by Crippen LogP contribution is -2.16. The molecule has 10 heteroatoms. The number of thiophene rings is 1. The predicted molar refractivity (Wildman–Crippen MR) is 115 cm³/mol. The van der Waals surface area contributed by atoms with E-state index >= 15 is 0 Å². The van der Waals surface area contributed by atoms with E-state index in [1.54, 1.807) is 11.4 Å². The number of hydrogen-bond donors (Lipinski definition) is 4. The molecule has 0 unspecified atom stereocenters. The van der Waals surface area contributed by atoms with Crippen LogP contribution in [0.3, 0.4) is 0 Å². The van der Waals surface area contributed by atoms with Gasteiger partial charge in [-0.2, -0.15) is 0 Å².